The molecule has 4 aromatic rings. The topological polar surface area (TPSA) is 67.8 Å². The van der Waals surface area contributed by atoms with Crippen LogP contribution in [0.15, 0.2) is 73.1 Å². The Morgan fingerprint density at radius 2 is 1.60 bits per heavy atom. The molecule has 2 aromatic heterocycles. The van der Waals surface area contributed by atoms with Gasteiger partial charge in [-0.25, -0.2) is 4.98 Å². The first kappa shape index (κ1) is 15.0. The van der Waals surface area contributed by atoms with E-state index in [1.54, 1.807) is 18.5 Å². The summed E-state index contributed by atoms with van der Waals surface area (Å²) in [6, 6.07) is 17.3. The van der Waals surface area contributed by atoms with E-state index < -0.39 is 0 Å². The summed E-state index contributed by atoms with van der Waals surface area (Å²) in [7, 11) is 0. The minimum absolute atomic E-state index is 0.243. The summed E-state index contributed by atoms with van der Waals surface area (Å²) in [6.45, 7) is 0. The molecule has 2 aromatic carbocycles. The van der Waals surface area contributed by atoms with Crippen molar-refractivity contribution in [1.82, 2.24) is 15.0 Å². The number of nitrogens with one attached hydrogen (secondary N) is 1. The molecule has 120 valence electrons. The Hall–Kier alpha value is -3.60. The van der Waals surface area contributed by atoms with Crippen molar-refractivity contribution in [3.8, 4) is 0 Å². The molecule has 0 aliphatic rings. The fourth-order valence-electron chi connectivity index (χ4n) is 2.54. The Morgan fingerprint density at radius 1 is 0.880 bits per heavy atom. The highest BCUT2D eigenvalue weighted by molar-refractivity contribution is 6.02. The van der Waals surface area contributed by atoms with Crippen LogP contribution in [-0.2, 0) is 4.79 Å². The molecule has 1 N–H and O–H groups in total. The number of fused-ring (bicyclic) bond motifs is 2. The van der Waals surface area contributed by atoms with Crippen molar-refractivity contribution in [1.29, 1.82) is 0 Å². The standard InChI is InChI=1S/C20H14N4O/c25-20(24-16-11-14-5-1-2-6-17(14)21-13-16)10-9-15-12-22-18-7-3-4-8-19(18)23-15/h1-13H,(H,24,25)/b10-9+. The first-order valence-electron chi connectivity index (χ1n) is 7.84. The van der Waals surface area contributed by atoms with Crippen LogP contribution in [0.5, 0.6) is 0 Å². The molecule has 4 rings (SSSR count). The van der Waals surface area contributed by atoms with E-state index in [-0.39, 0.29) is 5.91 Å². The molecule has 2 heterocycles. The maximum absolute atomic E-state index is 12.1. The van der Waals surface area contributed by atoms with E-state index >= 15 is 0 Å². The predicted molar refractivity (Wildman–Crippen MR) is 98.9 cm³/mol. The number of aromatic nitrogens is 3. The van der Waals surface area contributed by atoms with Crippen LogP contribution in [0.4, 0.5) is 5.69 Å². The van der Waals surface area contributed by atoms with Crippen molar-refractivity contribution < 1.29 is 4.79 Å². The van der Waals surface area contributed by atoms with Crippen molar-refractivity contribution in [3.05, 3.63) is 78.8 Å². The molecule has 1 amide bonds. The second-order valence-electron chi connectivity index (χ2n) is 5.52. The number of rotatable bonds is 3. The Labute approximate surface area is 144 Å². The molecule has 0 aliphatic carbocycles. The van der Waals surface area contributed by atoms with E-state index in [9.17, 15) is 4.79 Å². The van der Waals surface area contributed by atoms with E-state index in [0.717, 1.165) is 21.9 Å². The van der Waals surface area contributed by atoms with Gasteiger partial charge in [0.1, 0.15) is 0 Å². The van der Waals surface area contributed by atoms with Gasteiger partial charge in [0.2, 0.25) is 5.91 Å². The van der Waals surface area contributed by atoms with Crippen LogP contribution in [0.2, 0.25) is 0 Å². The summed E-state index contributed by atoms with van der Waals surface area (Å²) < 4.78 is 0. The van der Waals surface area contributed by atoms with Gasteiger partial charge < -0.3 is 5.32 Å². The number of para-hydroxylation sites is 3. The van der Waals surface area contributed by atoms with Gasteiger partial charge in [0, 0.05) is 11.5 Å². The van der Waals surface area contributed by atoms with E-state index in [1.807, 2.05) is 54.6 Å². The van der Waals surface area contributed by atoms with Gasteiger partial charge >= 0.3 is 0 Å². The molecule has 5 heteroatoms. The zero-order chi connectivity index (χ0) is 17.1. The average molecular weight is 326 g/mol. The minimum Gasteiger partial charge on any atom is -0.321 e. The quantitative estimate of drug-likeness (QED) is 0.581. The van der Waals surface area contributed by atoms with Crippen molar-refractivity contribution in [2.45, 2.75) is 0 Å². The number of carbonyl (C=O) groups excluding carboxylic acids is 1. The fourth-order valence-corrected chi connectivity index (χ4v) is 2.54. The third-order valence-corrected chi connectivity index (χ3v) is 3.73. The molecular weight excluding hydrogens is 312 g/mol. The maximum atomic E-state index is 12.1. The third-order valence-electron chi connectivity index (χ3n) is 3.73. The van der Waals surface area contributed by atoms with Crippen molar-refractivity contribution in [2.24, 2.45) is 0 Å². The van der Waals surface area contributed by atoms with E-state index in [2.05, 4.69) is 20.3 Å². The lowest BCUT2D eigenvalue weighted by atomic mass is 10.2. The SMILES string of the molecule is O=C(/C=C/c1cnc2ccccc2n1)Nc1cnc2ccccc2c1. The molecule has 0 bridgehead atoms. The molecule has 0 radical (unpaired) electrons. The van der Waals surface area contributed by atoms with E-state index in [0.29, 0.717) is 11.4 Å². The van der Waals surface area contributed by atoms with Gasteiger partial charge in [-0.1, -0.05) is 30.3 Å². The number of anilines is 1. The Morgan fingerprint density at radius 3 is 2.48 bits per heavy atom. The zero-order valence-corrected chi connectivity index (χ0v) is 13.3. The zero-order valence-electron chi connectivity index (χ0n) is 13.3. The van der Waals surface area contributed by atoms with Crippen LogP contribution in [0.1, 0.15) is 5.69 Å². The largest absolute Gasteiger partial charge is 0.321 e. The van der Waals surface area contributed by atoms with Gasteiger partial charge in [0.05, 0.1) is 40.3 Å². The summed E-state index contributed by atoms with van der Waals surface area (Å²) in [5.41, 5.74) is 3.79. The smallest absolute Gasteiger partial charge is 0.248 e. The predicted octanol–water partition coefficient (Wildman–Crippen LogP) is 3.83. The molecule has 5 nitrogen and oxygen atoms in total. The van der Waals surface area contributed by atoms with Crippen molar-refractivity contribution >= 4 is 39.6 Å². The van der Waals surface area contributed by atoms with Crippen LogP contribution >= 0.6 is 0 Å². The van der Waals surface area contributed by atoms with Gasteiger partial charge in [0.25, 0.3) is 0 Å². The normalized spacial score (nSPS) is 11.2. The highest BCUT2D eigenvalue weighted by atomic mass is 16.1. The van der Waals surface area contributed by atoms with Crippen LogP contribution in [-0.4, -0.2) is 20.9 Å². The first-order chi connectivity index (χ1) is 12.3. The van der Waals surface area contributed by atoms with Crippen LogP contribution in [0.25, 0.3) is 28.0 Å². The van der Waals surface area contributed by atoms with Crippen LogP contribution in [0, 0.1) is 0 Å². The number of hydrogen-bond acceptors (Lipinski definition) is 4. The molecular formula is C20H14N4O. The van der Waals surface area contributed by atoms with Crippen molar-refractivity contribution in [3.63, 3.8) is 0 Å². The second-order valence-corrected chi connectivity index (χ2v) is 5.52. The Kier molecular flexibility index (Phi) is 3.88. The van der Waals surface area contributed by atoms with E-state index in [1.165, 1.54) is 6.08 Å². The number of pyridine rings is 1. The number of amides is 1. The Balaban J connectivity index is 1.50. The lowest BCUT2D eigenvalue weighted by Crippen LogP contribution is -2.08. The Bertz CT molecular complexity index is 1100. The number of carbonyl (C=O) groups is 1. The van der Waals surface area contributed by atoms with Gasteiger partial charge in [-0.2, -0.15) is 0 Å². The summed E-state index contributed by atoms with van der Waals surface area (Å²) >= 11 is 0. The number of benzene rings is 2. The maximum Gasteiger partial charge on any atom is 0.248 e. The van der Waals surface area contributed by atoms with Gasteiger partial charge in [-0.15, -0.1) is 0 Å². The summed E-state index contributed by atoms with van der Waals surface area (Å²) in [4.78, 5) is 25.2. The summed E-state index contributed by atoms with van der Waals surface area (Å²) in [6.07, 6.45) is 6.37. The lowest BCUT2D eigenvalue weighted by Gasteiger charge is -2.03. The molecule has 0 atom stereocenters. The highest BCUT2D eigenvalue weighted by Crippen LogP contribution is 2.16. The lowest BCUT2D eigenvalue weighted by molar-refractivity contribution is -0.111. The van der Waals surface area contributed by atoms with Gasteiger partial charge in [-0.05, 0) is 30.3 Å². The second kappa shape index (κ2) is 6.49. The number of nitrogens with zero attached hydrogens (tertiary/aromatic N) is 3. The molecule has 0 aliphatic heterocycles. The molecule has 0 fully saturated rings. The molecule has 0 spiro atoms. The average Bonchev–Trinajstić information content (AvgIpc) is 2.66. The van der Waals surface area contributed by atoms with Crippen molar-refractivity contribution in [2.75, 3.05) is 5.32 Å². The van der Waals surface area contributed by atoms with Crippen LogP contribution < -0.4 is 5.32 Å². The molecule has 25 heavy (non-hydrogen) atoms. The summed E-state index contributed by atoms with van der Waals surface area (Å²) in [5, 5.41) is 3.78. The third kappa shape index (κ3) is 3.35. The van der Waals surface area contributed by atoms with Gasteiger partial charge in [-0.3, -0.25) is 14.8 Å². The number of hydrogen-bond donors (Lipinski definition) is 1. The summed E-state index contributed by atoms with van der Waals surface area (Å²) in [5.74, 6) is -0.243. The van der Waals surface area contributed by atoms with Gasteiger partial charge in [0.15, 0.2) is 0 Å². The first-order valence-corrected chi connectivity index (χ1v) is 7.84. The molecule has 0 unspecified atom stereocenters. The minimum atomic E-state index is -0.243. The van der Waals surface area contributed by atoms with E-state index in [4.69, 9.17) is 0 Å². The fraction of sp³-hybridized carbons (Fsp3) is 0. The molecule has 0 saturated heterocycles. The van der Waals surface area contributed by atoms with Crippen LogP contribution in [0.3, 0.4) is 0 Å². The molecule has 0 saturated carbocycles. The highest BCUT2D eigenvalue weighted by Gasteiger charge is 2.01. The monoisotopic (exact) mass is 326 g/mol.